The van der Waals surface area contributed by atoms with Crippen LogP contribution in [-0.2, 0) is 0 Å². The largest absolute Gasteiger partial charge is 0.222 e. The molecule has 0 saturated carbocycles. The van der Waals surface area contributed by atoms with Crippen LogP contribution >= 0.6 is 0 Å². The maximum Gasteiger partial charge on any atom is 0.218 e. The van der Waals surface area contributed by atoms with Crippen molar-refractivity contribution < 1.29 is 33.3 Å². The molecule has 0 unspecified atom stereocenters. The fraction of sp³-hybridized carbons (Fsp3) is 0.0556. The van der Waals surface area contributed by atoms with Crippen LogP contribution in [0.25, 0.3) is 27.1 Å². The van der Waals surface area contributed by atoms with E-state index in [-0.39, 0.29) is 0 Å². The summed E-state index contributed by atoms with van der Waals surface area (Å²) >= 11 is 0. The molecule has 0 aliphatic rings. The summed E-state index contributed by atoms with van der Waals surface area (Å²) in [5, 5.41) is 5.31. The average molecular weight is 344 g/mol. The Kier molecular flexibility index (Phi) is 4.36. The molecule has 2 heterocycles. The van der Waals surface area contributed by atoms with E-state index in [1.54, 1.807) is 0 Å². The Morgan fingerprint density at radius 2 is 1.46 bits per heavy atom. The summed E-state index contributed by atoms with van der Waals surface area (Å²) in [6.07, 6.45) is 4.23. The summed E-state index contributed by atoms with van der Waals surface area (Å²) in [7, 11) is -4.94. The van der Waals surface area contributed by atoms with Crippen molar-refractivity contribution in [2.24, 2.45) is 0 Å². The molecule has 122 valence electrons. The van der Waals surface area contributed by atoms with E-state index in [4.69, 9.17) is 18.6 Å². The van der Waals surface area contributed by atoms with Crippen LogP contribution in [0.2, 0.25) is 0 Å². The highest BCUT2D eigenvalue weighted by Gasteiger charge is 2.11. The Bertz CT molecular complexity index is 1020. The van der Waals surface area contributed by atoms with Gasteiger partial charge in [-0.15, -0.1) is 10.2 Å². The summed E-state index contributed by atoms with van der Waals surface area (Å²) < 4.78 is 36.2. The number of pyridine rings is 2. The van der Waals surface area contributed by atoms with E-state index in [1.165, 1.54) is 32.6 Å². The van der Waals surface area contributed by atoms with Gasteiger partial charge in [-0.05, 0) is 40.8 Å². The van der Waals surface area contributed by atoms with E-state index in [0.29, 0.717) is 0 Å². The Hall–Kier alpha value is -2.28. The number of nitrogens with zero attached hydrogens (tertiary/aromatic N) is 1. The number of hydrogen-bond acceptors (Lipinski definition) is 4. The van der Waals surface area contributed by atoms with Gasteiger partial charge in [-0.25, -0.2) is 18.6 Å². The minimum atomic E-state index is -4.94. The molecule has 0 saturated heterocycles. The van der Waals surface area contributed by atoms with Crippen LogP contribution in [-0.4, -0.2) is 0 Å². The molecule has 5 nitrogen and oxygen atoms in total. The molecule has 0 aliphatic heterocycles. The van der Waals surface area contributed by atoms with E-state index in [2.05, 4.69) is 78.3 Å². The van der Waals surface area contributed by atoms with Gasteiger partial charge >= 0.3 is 0 Å². The van der Waals surface area contributed by atoms with Crippen LogP contribution in [0.5, 0.6) is 0 Å². The van der Waals surface area contributed by atoms with E-state index < -0.39 is 10.2 Å². The number of aryl methyl sites for hydroxylation is 1. The molecular formula is C18H14ClNO4. The number of fused-ring (bicyclic) bond motifs is 4. The zero-order valence-corrected chi connectivity index (χ0v) is 13.6. The van der Waals surface area contributed by atoms with Crippen LogP contribution in [0.15, 0.2) is 67.0 Å². The van der Waals surface area contributed by atoms with Gasteiger partial charge in [-0.1, -0.05) is 24.3 Å². The predicted octanol–water partition coefficient (Wildman–Crippen LogP) is -0.716. The molecule has 2 aromatic heterocycles. The molecule has 4 rings (SSSR count). The first-order valence-corrected chi connectivity index (χ1v) is 8.41. The van der Waals surface area contributed by atoms with Crippen molar-refractivity contribution in [1.29, 1.82) is 0 Å². The van der Waals surface area contributed by atoms with Crippen LogP contribution in [0, 0.1) is 17.2 Å². The second-order valence-corrected chi connectivity index (χ2v) is 6.13. The van der Waals surface area contributed by atoms with Crippen molar-refractivity contribution in [2.45, 2.75) is 6.92 Å². The van der Waals surface area contributed by atoms with Gasteiger partial charge in [-0.3, -0.25) is 0 Å². The number of halogens is 1. The molecule has 4 aromatic rings. The zero-order chi connectivity index (χ0) is 17.3. The number of benzene rings is 2. The maximum atomic E-state index is 8.49. The SMILES string of the molecule is Cc1c2ccccc2cc2cc[n+]3ccccc3c12.[O-][Cl+3]([O-])([O-])[O-]. The van der Waals surface area contributed by atoms with Gasteiger partial charge in [0.1, 0.15) is 0 Å². The lowest BCUT2D eigenvalue weighted by atomic mass is 9.97. The number of hydrogen-bond donors (Lipinski definition) is 0. The fourth-order valence-corrected chi connectivity index (χ4v) is 2.99. The number of rotatable bonds is 0. The van der Waals surface area contributed by atoms with Gasteiger partial charge < -0.3 is 0 Å². The third-order valence-electron chi connectivity index (χ3n) is 3.90. The Balaban J connectivity index is 0.000000300. The lowest BCUT2D eigenvalue weighted by Gasteiger charge is -2.17. The third kappa shape index (κ3) is 3.46. The van der Waals surface area contributed by atoms with Gasteiger partial charge in [0.25, 0.3) is 0 Å². The lowest BCUT2D eigenvalue weighted by molar-refractivity contribution is -2.00. The summed E-state index contributed by atoms with van der Waals surface area (Å²) in [6.45, 7) is 2.22. The zero-order valence-electron chi connectivity index (χ0n) is 12.8. The van der Waals surface area contributed by atoms with Crippen molar-refractivity contribution in [3.63, 3.8) is 0 Å². The van der Waals surface area contributed by atoms with Gasteiger partial charge in [0.05, 0.1) is 5.39 Å². The van der Waals surface area contributed by atoms with Crippen molar-refractivity contribution in [2.75, 3.05) is 0 Å². The lowest BCUT2D eigenvalue weighted by Crippen LogP contribution is -2.68. The first kappa shape index (κ1) is 16.6. The molecule has 0 bridgehead atoms. The minimum Gasteiger partial charge on any atom is -0.222 e. The summed E-state index contributed by atoms with van der Waals surface area (Å²) in [5.41, 5.74) is 2.63. The van der Waals surface area contributed by atoms with Gasteiger partial charge in [0.2, 0.25) is 5.52 Å². The van der Waals surface area contributed by atoms with E-state index >= 15 is 0 Å². The first-order valence-electron chi connectivity index (χ1n) is 7.17. The minimum absolute atomic E-state index is 1.27. The number of aromatic nitrogens is 1. The van der Waals surface area contributed by atoms with E-state index in [9.17, 15) is 0 Å². The smallest absolute Gasteiger partial charge is 0.218 e. The highest BCUT2D eigenvalue weighted by molar-refractivity contribution is 6.07. The second-order valence-electron chi connectivity index (χ2n) is 5.37. The monoisotopic (exact) mass is 343 g/mol. The van der Waals surface area contributed by atoms with Crippen molar-refractivity contribution in [1.82, 2.24) is 0 Å². The molecule has 0 radical (unpaired) electrons. The van der Waals surface area contributed by atoms with Gasteiger partial charge in [0, 0.05) is 18.2 Å². The molecule has 0 amide bonds. The molecule has 0 fully saturated rings. The highest BCUT2D eigenvalue weighted by atomic mass is 35.7. The van der Waals surface area contributed by atoms with Crippen LogP contribution in [0.1, 0.15) is 5.56 Å². The van der Waals surface area contributed by atoms with Crippen LogP contribution in [0.4, 0.5) is 0 Å². The topological polar surface area (TPSA) is 96.3 Å². The average Bonchev–Trinajstić information content (AvgIpc) is 2.53. The highest BCUT2D eigenvalue weighted by Crippen LogP contribution is 2.29. The van der Waals surface area contributed by atoms with E-state index in [0.717, 1.165) is 0 Å². The molecule has 24 heavy (non-hydrogen) atoms. The molecule has 0 spiro atoms. The van der Waals surface area contributed by atoms with Crippen molar-refractivity contribution >= 4 is 27.1 Å². The molecule has 0 atom stereocenters. The fourth-order valence-electron chi connectivity index (χ4n) is 2.99. The maximum absolute atomic E-state index is 8.49. The summed E-state index contributed by atoms with van der Waals surface area (Å²) in [4.78, 5) is 0. The third-order valence-corrected chi connectivity index (χ3v) is 3.90. The van der Waals surface area contributed by atoms with Crippen molar-refractivity contribution in [3.8, 4) is 0 Å². The summed E-state index contributed by atoms with van der Waals surface area (Å²) in [6, 6.07) is 19.4. The molecule has 0 aliphatic carbocycles. The molecule has 2 aromatic carbocycles. The van der Waals surface area contributed by atoms with Gasteiger partial charge in [-0.2, -0.15) is 4.40 Å². The van der Waals surface area contributed by atoms with E-state index in [1.807, 2.05) is 0 Å². The molecular weight excluding hydrogens is 330 g/mol. The molecule has 0 N–H and O–H groups in total. The standard InChI is InChI=1S/C18H14N.ClHO4/c1-13-16-7-3-2-6-14(16)12-15-9-11-19-10-5-4-8-17(19)18(13)15;2-1(3,4)5/h2-12H,1H3;(H,2,3,4,5)/q+1;/p-1. The Morgan fingerprint density at radius 3 is 2.21 bits per heavy atom. The molecule has 6 heteroatoms. The van der Waals surface area contributed by atoms with Crippen LogP contribution in [0.3, 0.4) is 0 Å². The van der Waals surface area contributed by atoms with Gasteiger partial charge in [0.15, 0.2) is 12.4 Å². The predicted molar refractivity (Wildman–Crippen MR) is 79.4 cm³/mol. The first-order chi connectivity index (χ1) is 11.3. The second kappa shape index (κ2) is 6.32. The van der Waals surface area contributed by atoms with Crippen LogP contribution < -0.4 is 23.0 Å². The Morgan fingerprint density at radius 1 is 0.792 bits per heavy atom. The normalized spacial score (nSPS) is 11.5. The van der Waals surface area contributed by atoms with Crippen molar-refractivity contribution in [3.05, 3.63) is 72.6 Å². The summed E-state index contributed by atoms with van der Waals surface area (Å²) in [5.74, 6) is 0. The Labute approximate surface area is 140 Å². The quantitative estimate of drug-likeness (QED) is 0.239.